The molecule has 2 atom stereocenters. The molecule has 0 unspecified atom stereocenters. The zero-order chi connectivity index (χ0) is 16.0. The molecular weight excluding hydrogens is 300 g/mol. The van der Waals surface area contributed by atoms with E-state index in [0.717, 1.165) is 5.56 Å². The van der Waals surface area contributed by atoms with E-state index in [-0.39, 0.29) is 5.92 Å². The average molecular weight is 320 g/mol. The van der Waals surface area contributed by atoms with Gasteiger partial charge in [0.1, 0.15) is 5.54 Å². The molecule has 2 fully saturated rings. The molecule has 0 aromatic heterocycles. The van der Waals surface area contributed by atoms with Crippen molar-refractivity contribution >= 4 is 15.9 Å². The maximum atomic E-state index is 12.6. The van der Waals surface area contributed by atoms with Gasteiger partial charge in [-0.1, -0.05) is 36.4 Å². The highest BCUT2D eigenvalue weighted by molar-refractivity contribution is 7.91. The Balaban J connectivity index is 1.73. The first-order valence-corrected chi connectivity index (χ1v) is 8.83. The summed E-state index contributed by atoms with van der Waals surface area (Å²) in [5, 5.41) is 0. The van der Waals surface area contributed by atoms with Crippen LogP contribution in [0, 0.1) is 5.92 Å². The molecule has 2 saturated carbocycles. The molecule has 22 heavy (non-hydrogen) atoms. The fourth-order valence-electron chi connectivity index (χ4n) is 2.83. The molecular formula is C16H20N2O3S. The number of hydrogen-bond acceptors (Lipinski definition) is 4. The molecule has 2 aliphatic rings. The summed E-state index contributed by atoms with van der Waals surface area (Å²) in [5.41, 5.74) is 5.76. The van der Waals surface area contributed by atoms with Crippen molar-refractivity contribution in [3.05, 3.63) is 48.6 Å². The van der Waals surface area contributed by atoms with Crippen LogP contribution in [0.4, 0.5) is 0 Å². The predicted octanol–water partition coefficient (Wildman–Crippen LogP) is 1.11. The van der Waals surface area contributed by atoms with Gasteiger partial charge in [-0.25, -0.2) is 8.42 Å². The summed E-state index contributed by atoms with van der Waals surface area (Å²) in [5.74, 6) is -0.760. The lowest BCUT2D eigenvalue weighted by Gasteiger charge is -2.19. The molecule has 1 aromatic rings. The minimum absolute atomic E-state index is 0.146. The number of carbonyl (C=O) groups excluding carboxylic acids is 1. The summed E-state index contributed by atoms with van der Waals surface area (Å²) in [6.45, 7) is 3.60. The molecule has 3 rings (SSSR count). The Labute approximate surface area is 130 Å². The molecule has 1 amide bonds. The molecule has 0 saturated heterocycles. The van der Waals surface area contributed by atoms with E-state index in [1.807, 2.05) is 30.3 Å². The Morgan fingerprint density at radius 1 is 1.36 bits per heavy atom. The van der Waals surface area contributed by atoms with Crippen LogP contribution in [0.1, 0.15) is 24.8 Å². The molecule has 0 heterocycles. The minimum atomic E-state index is -3.73. The number of sulfonamides is 1. The van der Waals surface area contributed by atoms with Crippen molar-refractivity contribution in [2.24, 2.45) is 11.7 Å². The van der Waals surface area contributed by atoms with Gasteiger partial charge in [0, 0.05) is 5.92 Å². The molecule has 0 bridgehead atoms. The molecule has 1 aromatic carbocycles. The monoisotopic (exact) mass is 320 g/mol. The standard InChI is InChI=1S/C16H20N2O3S/c1-2-13-11-16(13,17)14(19)18-22(20,21)15(8-9-15)10-12-6-4-3-5-7-12/h2-7,13H,1,8-11,17H2,(H,18,19)/t13-,16-/m1/s1. The van der Waals surface area contributed by atoms with Crippen LogP contribution in [-0.2, 0) is 21.2 Å². The maximum Gasteiger partial charge on any atom is 0.254 e. The van der Waals surface area contributed by atoms with Gasteiger partial charge in [0.05, 0.1) is 4.75 Å². The van der Waals surface area contributed by atoms with Crippen LogP contribution in [0.3, 0.4) is 0 Å². The van der Waals surface area contributed by atoms with E-state index in [2.05, 4.69) is 11.3 Å². The van der Waals surface area contributed by atoms with Crippen LogP contribution in [0.2, 0.25) is 0 Å². The van der Waals surface area contributed by atoms with Crippen molar-refractivity contribution in [1.82, 2.24) is 4.72 Å². The van der Waals surface area contributed by atoms with Crippen LogP contribution in [0.5, 0.6) is 0 Å². The molecule has 0 spiro atoms. The fraction of sp³-hybridized carbons (Fsp3) is 0.438. The first-order chi connectivity index (χ1) is 10.3. The average Bonchev–Trinajstić information content (AvgIpc) is 3.37. The third-order valence-corrected chi connectivity index (χ3v) is 6.89. The third kappa shape index (κ3) is 2.46. The van der Waals surface area contributed by atoms with Crippen LogP contribution in [0.15, 0.2) is 43.0 Å². The van der Waals surface area contributed by atoms with Crippen molar-refractivity contribution in [3.63, 3.8) is 0 Å². The molecule has 5 nitrogen and oxygen atoms in total. The highest BCUT2D eigenvalue weighted by Crippen LogP contribution is 2.47. The number of nitrogens with two attached hydrogens (primary N) is 1. The summed E-state index contributed by atoms with van der Waals surface area (Å²) < 4.78 is 26.5. The van der Waals surface area contributed by atoms with Crippen molar-refractivity contribution in [2.75, 3.05) is 0 Å². The van der Waals surface area contributed by atoms with Gasteiger partial charge < -0.3 is 5.73 Å². The number of nitrogens with one attached hydrogen (secondary N) is 1. The number of carbonyl (C=O) groups is 1. The number of benzene rings is 1. The lowest BCUT2D eigenvalue weighted by atomic mass is 10.1. The van der Waals surface area contributed by atoms with Gasteiger partial charge in [0.2, 0.25) is 10.0 Å². The van der Waals surface area contributed by atoms with Crippen LogP contribution >= 0.6 is 0 Å². The lowest BCUT2D eigenvalue weighted by Crippen LogP contribution is -2.50. The summed E-state index contributed by atoms with van der Waals surface area (Å²) in [4.78, 5) is 12.2. The van der Waals surface area contributed by atoms with Gasteiger partial charge in [-0.05, 0) is 31.2 Å². The topological polar surface area (TPSA) is 89.3 Å². The normalized spacial score (nSPS) is 28.7. The van der Waals surface area contributed by atoms with Crippen LogP contribution < -0.4 is 10.5 Å². The second-order valence-corrected chi connectivity index (χ2v) is 8.44. The Hall–Kier alpha value is -1.66. The Bertz CT molecular complexity index is 710. The third-order valence-electron chi connectivity index (χ3n) is 4.74. The quantitative estimate of drug-likeness (QED) is 0.769. The molecule has 2 aliphatic carbocycles. The fourth-order valence-corrected chi connectivity index (χ4v) is 4.48. The van der Waals surface area contributed by atoms with Gasteiger partial charge >= 0.3 is 0 Å². The summed E-state index contributed by atoms with van der Waals surface area (Å²) in [6, 6.07) is 9.45. The lowest BCUT2D eigenvalue weighted by molar-refractivity contribution is -0.121. The Morgan fingerprint density at radius 2 is 2.00 bits per heavy atom. The second kappa shape index (κ2) is 4.93. The Morgan fingerprint density at radius 3 is 2.50 bits per heavy atom. The molecule has 0 aliphatic heterocycles. The van der Waals surface area contributed by atoms with E-state index in [9.17, 15) is 13.2 Å². The first-order valence-electron chi connectivity index (χ1n) is 7.35. The molecule has 6 heteroatoms. The van der Waals surface area contributed by atoms with E-state index in [0.29, 0.717) is 25.7 Å². The highest BCUT2D eigenvalue weighted by Gasteiger charge is 2.60. The second-order valence-electron chi connectivity index (χ2n) is 6.37. The van der Waals surface area contributed by atoms with Gasteiger partial charge in [-0.15, -0.1) is 6.58 Å². The SMILES string of the molecule is C=C[C@@H]1C[C@]1(N)C(=O)NS(=O)(=O)C1(Cc2ccccc2)CC1. The smallest absolute Gasteiger partial charge is 0.254 e. The minimum Gasteiger partial charge on any atom is -0.317 e. The molecule has 3 N–H and O–H groups in total. The van der Waals surface area contributed by atoms with E-state index in [4.69, 9.17) is 5.73 Å². The number of amides is 1. The summed E-state index contributed by atoms with van der Waals surface area (Å²) >= 11 is 0. The number of hydrogen-bond donors (Lipinski definition) is 2. The van der Waals surface area contributed by atoms with Crippen molar-refractivity contribution in [1.29, 1.82) is 0 Å². The van der Waals surface area contributed by atoms with Gasteiger partial charge in [0.25, 0.3) is 5.91 Å². The largest absolute Gasteiger partial charge is 0.317 e. The van der Waals surface area contributed by atoms with Gasteiger partial charge in [-0.2, -0.15) is 0 Å². The van der Waals surface area contributed by atoms with Crippen molar-refractivity contribution < 1.29 is 13.2 Å². The Kier molecular flexibility index (Phi) is 3.41. The van der Waals surface area contributed by atoms with Crippen molar-refractivity contribution in [3.8, 4) is 0 Å². The van der Waals surface area contributed by atoms with E-state index < -0.39 is 26.2 Å². The maximum absolute atomic E-state index is 12.6. The molecule has 0 radical (unpaired) electrons. The van der Waals surface area contributed by atoms with E-state index >= 15 is 0 Å². The summed E-state index contributed by atoms with van der Waals surface area (Å²) in [6.07, 6.45) is 3.59. The predicted molar refractivity (Wildman–Crippen MR) is 84.4 cm³/mol. The van der Waals surface area contributed by atoms with Gasteiger partial charge in [0.15, 0.2) is 0 Å². The molecule has 118 valence electrons. The van der Waals surface area contributed by atoms with Crippen LogP contribution in [0.25, 0.3) is 0 Å². The zero-order valence-corrected chi connectivity index (χ0v) is 13.1. The number of rotatable bonds is 6. The van der Waals surface area contributed by atoms with E-state index in [1.54, 1.807) is 6.08 Å². The van der Waals surface area contributed by atoms with Crippen molar-refractivity contribution in [2.45, 2.75) is 36.0 Å². The zero-order valence-electron chi connectivity index (χ0n) is 12.3. The van der Waals surface area contributed by atoms with Crippen LogP contribution in [-0.4, -0.2) is 24.6 Å². The summed E-state index contributed by atoms with van der Waals surface area (Å²) in [7, 11) is -3.73. The highest BCUT2D eigenvalue weighted by atomic mass is 32.2. The van der Waals surface area contributed by atoms with E-state index in [1.165, 1.54) is 0 Å². The van der Waals surface area contributed by atoms with Gasteiger partial charge in [-0.3, -0.25) is 9.52 Å². The first kappa shape index (κ1) is 15.2.